The lowest BCUT2D eigenvalue weighted by atomic mass is 10.0. The summed E-state index contributed by atoms with van der Waals surface area (Å²) >= 11 is 0. The molecule has 0 spiro atoms. The number of aromatic nitrogens is 4. The topological polar surface area (TPSA) is 90.9 Å². The highest BCUT2D eigenvalue weighted by atomic mass is 16.5. The molecule has 3 heterocycles. The molecule has 0 unspecified atom stereocenters. The summed E-state index contributed by atoms with van der Waals surface area (Å²) in [6.45, 7) is 2.08. The van der Waals surface area contributed by atoms with Crippen LogP contribution in [0.15, 0.2) is 18.5 Å². The van der Waals surface area contributed by atoms with Crippen LogP contribution in [0.1, 0.15) is 23.9 Å². The molecule has 0 aromatic carbocycles. The van der Waals surface area contributed by atoms with Crippen LogP contribution in [0.3, 0.4) is 0 Å². The number of ether oxygens (including phenoxy) is 1. The summed E-state index contributed by atoms with van der Waals surface area (Å²) in [5.74, 6) is 2.26. The molecule has 7 nitrogen and oxygen atoms in total. The van der Waals surface area contributed by atoms with Gasteiger partial charge in [0, 0.05) is 38.0 Å². The highest BCUT2D eigenvalue weighted by Gasteiger charge is 2.20. The minimum absolute atomic E-state index is 0.289. The fourth-order valence-corrected chi connectivity index (χ4v) is 2.29. The molecule has 1 atom stereocenters. The third-order valence-electron chi connectivity index (χ3n) is 3.46. The van der Waals surface area contributed by atoms with Gasteiger partial charge in [0.05, 0.1) is 18.8 Å². The smallest absolute Gasteiger partial charge is 0.222 e. The second-order valence-electron chi connectivity index (χ2n) is 4.90. The number of anilines is 2. The van der Waals surface area contributed by atoms with Crippen molar-refractivity contribution in [2.24, 2.45) is 7.05 Å². The largest absolute Gasteiger partial charge is 0.381 e. The summed E-state index contributed by atoms with van der Waals surface area (Å²) in [6.07, 6.45) is 4.66. The molecule has 2 aromatic rings. The zero-order valence-corrected chi connectivity index (χ0v) is 11.4. The van der Waals surface area contributed by atoms with Gasteiger partial charge in [-0.25, -0.2) is 9.97 Å². The van der Waals surface area contributed by atoms with Crippen LogP contribution < -0.4 is 11.1 Å². The summed E-state index contributed by atoms with van der Waals surface area (Å²) in [5, 5.41) is 3.24. The van der Waals surface area contributed by atoms with Gasteiger partial charge in [0.25, 0.3) is 0 Å². The summed E-state index contributed by atoms with van der Waals surface area (Å²) in [4.78, 5) is 12.8. The molecule has 20 heavy (non-hydrogen) atoms. The monoisotopic (exact) mass is 274 g/mol. The Bertz CT molecular complexity index is 590. The van der Waals surface area contributed by atoms with E-state index in [4.69, 9.17) is 10.5 Å². The maximum Gasteiger partial charge on any atom is 0.222 e. The zero-order chi connectivity index (χ0) is 13.9. The second kappa shape index (κ2) is 5.46. The molecule has 0 saturated carbocycles. The molecule has 1 fully saturated rings. The van der Waals surface area contributed by atoms with E-state index in [1.165, 1.54) is 0 Å². The van der Waals surface area contributed by atoms with Gasteiger partial charge in [-0.05, 0) is 6.42 Å². The summed E-state index contributed by atoms with van der Waals surface area (Å²) in [7, 11) is 1.96. The van der Waals surface area contributed by atoms with E-state index in [1.54, 1.807) is 6.20 Å². The summed E-state index contributed by atoms with van der Waals surface area (Å²) < 4.78 is 7.35. The standard InChI is InChI=1S/C13H18N6O/c1-19-4-3-15-12(19)7-16-11-6-10(17-13(14)18-11)9-2-5-20-8-9/h3-4,6,9H,2,5,7-8H2,1H3,(H3,14,16,17,18)/t9-/m1/s1. The Kier molecular flexibility index (Phi) is 3.51. The Morgan fingerprint density at radius 3 is 3.10 bits per heavy atom. The first-order chi connectivity index (χ1) is 9.72. The molecular formula is C13H18N6O. The maximum atomic E-state index is 5.78. The Morgan fingerprint density at radius 1 is 1.50 bits per heavy atom. The molecule has 0 radical (unpaired) electrons. The van der Waals surface area contributed by atoms with Crippen molar-refractivity contribution in [3.05, 3.63) is 30.0 Å². The molecule has 0 aliphatic carbocycles. The van der Waals surface area contributed by atoms with Crippen LogP contribution in [0, 0.1) is 0 Å². The first-order valence-corrected chi connectivity index (χ1v) is 6.64. The van der Waals surface area contributed by atoms with Gasteiger partial charge in [-0.15, -0.1) is 0 Å². The van der Waals surface area contributed by atoms with E-state index in [0.29, 0.717) is 19.1 Å². The number of rotatable bonds is 4. The van der Waals surface area contributed by atoms with Crippen LogP contribution in [0.25, 0.3) is 0 Å². The third-order valence-corrected chi connectivity index (χ3v) is 3.46. The SMILES string of the molecule is Cn1ccnc1CNc1cc([C@@H]2CCOC2)nc(N)n1. The number of hydrogen-bond acceptors (Lipinski definition) is 6. The summed E-state index contributed by atoms with van der Waals surface area (Å²) in [5.41, 5.74) is 6.72. The minimum atomic E-state index is 0.289. The molecule has 0 amide bonds. The predicted octanol–water partition coefficient (Wildman–Crippen LogP) is 0.908. The number of nitrogen functional groups attached to an aromatic ring is 1. The van der Waals surface area contributed by atoms with Crippen LogP contribution in [-0.2, 0) is 18.3 Å². The number of aryl methyl sites for hydroxylation is 1. The van der Waals surface area contributed by atoms with Crippen molar-refractivity contribution in [2.75, 3.05) is 24.3 Å². The van der Waals surface area contributed by atoms with Crippen molar-refractivity contribution in [1.82, 2.24) is 19.5 Å². The van der Waals surface area contributed by atoms with E-state index in [1.807, 2.05) is 23.9 Å². The summed E-state index contributed by atoms with van der Waals surface area (Å²) in [6, 6.07) is 1.94. The molecule has 3 rings (SSSR count). The Hall–Kier alpha value is -2.15. The van der Waals surface area contributed by atoms with Gasteiger partial charge in [-0.2, -0.15) is 4.98 Å². The van der Waals surface area contributed by atoms with Gasteiger partial charge >= 0.3 is 0 Å². The molecule has 1 aliphatic rings. The Labute approximate surface area is 117 Å². The van der Waals surface area contributed by atoms with E-state index < -0.39 is 0 Å². The van der Waals surface area contributed by atoms with Gasteiger partial charge in [0.2, 0.25) is 5.95 Å². The molecule has 1 saturated heterocycles. The van der Waals surface area contributed by atoms with Crippen molar-refractivity contribution in [3.8, 4) is 0 Å². The van der Waals surface area contributed by atoms with Gasteiger partial charge in [-0.3, -0.25) is 0 Å². The average molecular weight is 274 g/mol. The third kappa shape index (κ3) is 2.72. The molecule has 2 aromatic heterocycles. The van der Waals surface area contributed by atoms with Gasteiger partial charge < -0.3 is 20.4 Å². The second-order valence-corrected chi connectivity index (χ2v) is 4.90. The maximum absolute atomic E-state index is 5.78. The average Bonchev–Trinajstić information content (AvgIpc) is 3.07. The predicted molar refractivity (Wildman–Crippen MR) is 75.2 cm³/mol. The van der Waals surface area contributed by atoms with Crippen molar-refractivity contribution < 1.29 is 4.74 Å². The van der Waals surface area contributed by atoms with E-state index in [0.717, 1.165) is 30.4 Å². The number of imidazole rings is 1. The lowest BCUT2D eigenvalue weighted by molar-refractivity contribution is 0.193. The van der Waals surface area contributed by atoms with E-state index in [9.17, 15) is 0 Å². The van der Waals surface area contributed by atoms with Gasteiger partial charge in [0.15, 0.2) is 0 Å². The highest BCUT2D eigenvalue weighted by molar-refractivity contribution is 5.41. The molecule has 7 heteroatoms. The zero-order valence-electron chi connectivity index (χ0n) is 11.4. The first kappa shape index (κ1) is 12.9. The molecule has 3 N–H and O–H groups in total. The van der Waals surface area contributed by atoms with Crippen molar-refractivity contribution in [3.63, 3.8) is 0 Å². The highest BCUT2D eigenvalue weighted by Crippen LogP contribution is 2.25. The number of nitrogens with two attached hydrogens (primary N) is 1. The molecule has 1 aliphatic heterocycles. The minimum Gasteiger partial charge on any atom is -0.381 e. The first-order valence-electron chi connectivity index (χ1n) is 6.64. The quantitative estimate of drug-likeness (QED) is 0.861. The van der Waals surface area contributed by atoms with Gasteiger partial charge in [0.1, 0.15) is 11.6 Å². The fourth-order valence-electron chi connectivity index (χ4n) is 2.29. The van der Waals surface area contributed by atoms with E-state index in [-0.39, 0.29) is 5.95 Å². The van der Waals surface area contributed by atoms with Crippen molar-refractivity contribution in [1.29, 1.82) is 0 Å². The molecule has 0 bridgehead atoms. The Balaban J connectivity index is 1.74. The number of nitrogens with zero attached hydrogens (tertiary/aromatic N) is 4. The van der Waals surface area contributed by atoms with Gasteiger partial charge in [-0.1, -0.05) is 0 Å². The van der Waals surface area contributed by atoms with E-state index >= 15 is 0 Å². The van der Waals surface area contributed by atoms with Crippen LogP contribution in [-0.4, -0.2) is 32.7 Å². The number of hydrogen-bond donors (Lipinski definition) is 2. The lowest BCUT2D eigenvalue weighted by Gasteiger charge is -2.11. The van der Waals surface area contributed by atoms with Crippen LogP contribution >= 0.6 is 0 Å². The Morgan fingerprint density at radius 2 is 2.40 bits per heavy atom. The van der Waals surface area contributed by atoms with Crippen LogP contribution in [0.2, 0.25) is 0 Å². The normalized spacial score (nSPS) is 18.4. The lowest BCUT2D eigenvalue weighted by Crippen LogP contribution is -2.11. The van der Waals surface area contributed by atoms with Crippen LogP contribution in [0.5, 0.6) is 0 Å². The number of nitrogens with one attached hydrogen (secondary N) is 1. The van der Waals surface area contributed by atoms with Crippen molar-refractivity contribution >= 4 is 11.8 Å². The van der Waals surface area contributed by atoms with Crippen molar-refractivity contribution in [2.45, 2.75) is 18.9 Å². The molecule has 106 valence electrons. The van der Waals surface area contributed by atoms with Crippen LogP contribution in [0.4, 0.5) is 11.8 Å². The fraction of sp³-hybridized carbons (Fsp3) is 0.462. The molecular weight excluding hydrogens is 256 g/mol. The van der Waals surface area contributed by atoms with E-state index in [2.05, 4.69) is 20.3 Å².